The van der Waals surface area contributed by atoms with Gasteiger partial charge in [-0.1, -0.05) is 6.07 Å². The van der Waals surface area contributed by atoms with Crippen LogP contribution in [0.5, 0.6) is 0 Å². The number of aromatic nitrogens is 2. The molecule has 0 unspecified atom stereocenters. The van der Waals surface area contributed by atoms with Crippen molar-refractivity contribution in [2.75, 3.05) is 7.11 Å². The number of nitroso groups, excluding NO2 is 1. The smallest absolute Gasteiger partial charge is 0.311 e. The number of esters is 1. The normalized spacial score (nSPS) is 10.6. The summed E-state index contributed by atoms with van der Waals surface area (Å²) in [5, 5.41) is 11.9. The van der Waals surface area contributed by atoms with Crippen molar-refractivity contribution in [1.82, 2.24) is 9.38 Å². The summed E-state index contributed by atoms with van der Waals surface area (Å²) in [6.45, 7) is -0.154. The molecule has 94 valence electrons. The molecule has 0 saturated heterocycles. The molecule has 0 spiro atoms. The first-order chi connectivity index (χ1) is 8.69. The molecule has 0 atom stereocenters. The molecule has 0 aliphatic rings. The summed E-state index contributed by atoms with van der Waals surface area (Å²) in [7, 11) is 1.26. The molecule has 1 N–H and O–H groups in total. The first-order valence-corrected chi connectivity index (χ1v) is 5.20. The third-order valence-electron chi connectivity index (χ3n) is 2.53. The van der Waals surface area contributed by atoms with Crippen LogP contribution in [0.1, 0.15) is 11.3 Å². The Balaban J connectivity index is 2.54. The maximum atomic E-state index is 11.2. The van der Waals surface area contributed by atoms with E-state index in [0.717, 1.165) is 0 Å². The van der Waals surface area contributed by atoms with Crippen LogP contribution in [-0.2, 0) is 22.6 Å². The molecular formula is C11H11N3O4. The van der Waals surface area contributed by atoms with Gasteiger partial charge in [-0.15, -0.1) is 4.91 Å². The standard InChI is InChI=1S/C11H11N3O4/c1-18-10(16)4-8-11(13-17)14-5-7(6-15)2-3-9(14)12-8/h2-3,5,15H,4,6H2,1H3. The second kappa shape index (κ2) is 4.92. The lowest BCUT2D eigenvalue weighted by Crippen LogP contribution is -2.04. The number of pyridine rings is 1. The van der Waals surface area contributed by atoms with Gasteiger partial charge in [0, 0.05) is 6.20 Å². The van der Waals surface area contributed by atoms with E-state index in [1.807, 2.05) is 0 Å². The largest absolute Gasteiger partial charge is 0.469 e. The molecule has 0 aliphatic heterocycles. The summed E-state index contributed by atoms with van der Waals surface area (Å²) in [6.07, 6.45) is 1.44. The number of hydrogen-bond donors (Lipinski definition) is 1. The van der Waals surface area contributed by atoms with Gasteiger partial charge in [-0.2, -0.15) is 0 Å². The predicted octanol–water partition coefficient (Wildman–Crippen LogP) is 0.940. The van der Waals surface area contributed by atoms with Crippen molar-refractivity contribution in [3.8, 4) is 0 Å². The molecule has 0 aliphatic carbocycles. The number of carbonyl (C=O) groups is 1. The number of rotatable bonds is 4. The number of methoxy groups -OCH3 is 1. The molecule has 0 radical (unpaired) electrons. The molecule has 7 nitrogen and oxygen atoms in total. The second-order valence-electron chi connectivity index (χ2n) is 3.65. The van der Waals surface area contributed by atoms with Gasteiger partial charge in [-0.05, 0) is 16.8 Å². The number of carbonyl (C=O) groups excluding carboxylic acids is 1. The Hall–Kier alpha value is -2.28. The first kappa shape index (κ1) is 12.2. The topological polar surface area (TPSA) is 93.3 Å². The van der Waals surface area contributed by atoms with Gasteiger partial charge in [0.25, 0.3) is 0 Å². The number of aliphatic hydroxyl groups excluding tert-OH is 1. The maximum Gasteiger partial charge on any atom is 0.311 e. The minimum atomic E-state index is -0.495. The van der Waals surface area contributed by atoms with Crippen LogP contribution in [0.3, 0.4) is 0 Å². The Morgan fingerprint density at radius 1 is 1.56 bits per heavy atom. The zero-order valence-corrected chi connectivity index (χ0v) is 9.66. The van der Waals surface area contributed by atoms with Gasteiger partial charge in [0.2, 0.25) is 5.82 Å². The lowest BCUT2D eigenvalue weighted by atomic mass is 10.3. The molecule has 0 saturated carbocycles. The highest BCUT2D eigenvalue weighted by Gasteiger charge is 2.16. The van der Waals surface area contributed by atoms with Gasteiger partial charge < -0.3 is 9.84 Å². The van der Waals surface area contributed by atoms with Gasteiger partial charge in [0.1, 0.15) is 11.3 Å². The van der Waals surface area contributed by atoms with Gasteiger partial charge in [-0.3, -0.25) is 9.20 Å². The highest BCUT2D eigenvalue weighted by molar-refractivity contribution is 5.74. The molecule has 0 aromatic carbocycles. The van der Waals surface area contributed by atoms with Crippen LogP contribution in [0.25, 0.3) is 5.65 Å². The fraction of sp³-hybridized carbons (Fsp3) is 0.273. The maximum absolute atomic E-state index is 11.2. The second-order valence-corrected chi connectivity index (χ2v) is 3.65. The minimum Gasteiger partial charge on any atom is -0.469 e. The molecule has 18 heavy (non-hydrogen) atoms. The van der Waals surface area contributed by atoms with Crippen molar-refractivity contribution in [3.63, 3.8) is 0 Å². The van der Waals surface area contributed by atoms with E-state index in [0.29, 0.717) is 11.2 Å². The van der Waals surface area contributed by atoms with E-state index in [2.05, 4.69) is 14.9 Å². The monoisotopic (exact) mass is 249 g/mol. The van der Waals surface area contributed by atoms with Crippen LogP contribution in [0.2, 0.25) is 0 Å². The Morgan fingerprint density at radius 3 is 2.94 bits per heavy atom. The highest BCUT2D eigenvalue weighted by atomic mass is 16.5. The summed E-state index contributed by atoms with van der Waals surface area (Å²) in [5.74, 6) is -0.448. The first-order valence-electron chi connectivity index (χ1n) is 5.20. The summed E-state index contributed by atoms with van der Waals surface area (Å²) in [6, 6.07) is 3.32. The SMILES string of the molecule is COC(=O)Cc1nc2ccc(CO)cn2c1N=O. The van der Waals surface area contributed by atoms with E-state index in [1.54, 1.807) is 18.3 Å². The van der Waals surface area contributed by atoms with Gasteiger partial charge in [0.05, 0.1) is 20.1 Å². The van der Waals surface area contributed by atoms with Crippen LogP contribution in [0, 0.1) is 4.91 Å². The zero-order chi connectivity index (χ0) is 13.1. The van der Waals surface area contributed by atoms with Crippen molar-refractivity contribution < 1.29 is 14.6 Å². The van der Waals surface area contributed by atoms with Crippen LogP contribution >= 0.6 is 0 Å². The molecule has 7 heteroatoms. The number of fused-ring (bicyclic) bond motifs is 1. The van der Waals surface area contributed by atoms with Gasteiger partial charge >= 0.3 is 5.97 Å². The van der Waals surface area contributed by atoms with E-state index < -0.39 is 5.97 Å². The highest BCUT2D eigenvalue weighted by Crippen LogP contribution is 2.22. The number of hydrogen-bond acceptors (Lipinski definition) is 6. The van der Waals surface area contributed by atoms with Crippen LogP contribution < -0.4 is 0 Å². The van der Waals surface area contributed by atoms with E-state index in [1.165, 1.54) is 11.5 Å². The van der Waals surface area contributed by atoms with E-state index in [4.69, 9.17) is 5.11 Å². The average Bonchev–Trinajstić information content (AvgIpc) is 2.74. The summed E-state index contributed by atoms with van der Waals surface area (Å²) >= 11 is 0. The quantitative estimate of drug-likeness (QED) is 0.643. The molecule has 2 heterocycles. The number of aliphatic hydroxyl groups is 1. The third kappa shape index (κ3) is 2.07. The van der Waals surface area contributed by atoms with Crippen molar-refractivity contribution in [1.29, 1.82) is 0 Å². The van der Waals surface area contributed by atoms with Gasteiger partial charge in [0.15, 0.2) is 0 Å². The van der Waals surface area contributed by atoms with Crippen LogP contribution in [-0.4, -0.2) is 27.6 Å². The number of imidazole rings is 1. The molecule has 0 fully saturated rings. The van der Waals surface area contributed by atoms with Crippen molar-refractivity contribution in [2.45, 2.75) is 13.0 Å². The third-order valence-corrected chi connectivity index (χ3v) is 2.53. The lowest BCUT2D eigenvalue weighted by Gasteiger charge is -1.98. The Kier molecular flexibility index (Phi) is 3.33. The molecule has 2 aromatic rings. The number of ether oxygens (including phenoxy) is 1. The van der Waals surface area contributed by atoms with Crippen molar-refractivity contribution in [2.24, 2.45) is 5.18 Å². The fourth-order valence-corrected chi connectivity index (χ4v) is 1.64. The van der Waals surface area contributed by atoms with E-state index in [-0.39, 0.29) is 24.5 Å². The summed E-state index contributed by atoms with van der Waals surface area (Å²) in [4.78, 5) is 26.2. The van der Waals surface area contributed by atoms with Gasteiger partial charge in [-0.25, -0.2) is 4.98 Å². The molecule has 0 amide bonds. The van der Waals surface area contributed by atoms with Crippen molar-refractivity contribution in [3.05, 3.63) is 34.5 Å². The Morgan fingerprint density at radius 2 is 2.33 bits per heavy atom. The summed E-state index contributed by atoms with van der Waals surface area (Å²) in [5.41, 5.74) is 1.36. The molecule has 2 rings (SSSR count). The number of nitrogens with zero attached hydrogens (tertiary/aromatic N) is 3. The molecule has 2 aromatic heterocycles. The Bertz CT molecular complexity index is 606. The Labute approximate surface area is 102 Å². The molecular weight excluding hydrogens is 238 g/mol. The van der Waals surface area contributed by atoms with Crippen LogP contribution in [0.15, 0.2) is 23.5 Å². The lowest BCUT2D eigenvalue weighted by molar-refractivity contribution is -0.139. The predicted molar refractivity (Wildman–Crippen MR) is 62.3 cm³/mol. The van der Waals surface area contributed by atoms with E-state index >= 15 is 0 Å². The minimum absolute atomic E-state index is 0.0469. The molecule has 0 bridgehead atoms. The van der Waals surface area contributed by atoms with E-state index in [9.17, 15) is 9.70 Å². The van der Waals surface area contributed by atoms with Crippen molar-refractivity contribution >= 4 is 17.4 Å². The summed E-state index contributed by atoms with van der Waals surface area (Å²) < 4.78 is 5.96. The van der Waals surface area contributed by atoms with Crippen LogP contribution in [0.4, 0.5) is 5.82 Å². The fourth-order valence-electron chi connectivity index (χ4n) is 1.64. The zero-order valence-electron chi connectivity index (χ0n) is 9.66. The average molecular weight is 249 g/mol.